The number of aliphatic imine (C=N–C) groups is 1. The van der Waals surface area contributed by atoms with E-state index in [1.165, 1.54) is 11.1 Å². The maximum atomic E-state index is 6.11. The monoisotopic (exact) mass is 533 g/mol. The van der Waals surface area contributed by atoms with E-state index < -0.39 is 0 Å². The molecular formula is C22H36IN3O2S. The van der Waals surface area contributed by atoms with E-state index in [1.54, 1.807) is 0 Å². The molecule has 7 heteroatoms. The predicted molar refractivity (Wildman–Crippen MR) is 134 cm³/mol. The first-order valence-electron chi connectivity index (χ1n) is 10.6. The Morgan fingerprint density at radius 1 is 1.24 bits per heavy atom. The molecule has 2 aliphatic rings. The number of ether oxygens (including phenoxy) is 2. The Morgan fingerprint density at radius 3 is 2.69 bits per heavy atom. The van der Waals surface area contributed by atoms with Gasteiger partial charge in [-0.15, -0.1) is 24.0 Å². The van der Waals surface area contributed by atoms with Gasteiger partial charge in [0.05, 0.1) is 19.7 Å². The molecule has 1 unspecified atom stereocenters. The van der Waals surface area contributed by atoms with Crippen molar-refractivity contribution in [3.63, 3.8) is 0 Å². The maximum absolute atomic E-state index is 6.11. The molecule has 0 amide bonds. The first-order valence-corrected chi connectivity index (χ1v) is 11.6. The number of rotatable bonds is 6. The lowest BCUT2D eigenvalue weighted by Gasteiger charge is -2.38. The molecule has 1 N–H and O–H groups in total. The summed E-state index contributed by atoms with van der Waals surface area (Å²) < 4.78 is 11.9. The summed E-state index contributed by atoms with van der Waals surface area (Å²) in [6.45, 7) is 12.4. The number of nitrogens with zero attached hydrogens (tertiary/aromatic N) is 2. The van der Waals surface area contributed by atoms with Crippen LogP contribution in [0.25, 0.3) is 0 Å². The van der Waals surface area contributed by atoms with Gasteiger partial charge in [0.2, 0.25) is 0 Å². The van der Waals surface area contributed by atoms with E-state index >= 15 is 0 Å². The molecular weight excluding hydrogens is 497 g/mol. The maximum Gasteiger partial charge on any atom is 0.194 e. The van der Waals surface area contributed by atoms with Crippen LogP contribution in [0.5, 0.6) is 0 Å². The van der Waals surface area contributed by atoms with Crippen molar-refractivity contribution in [1.29, 1.82) is 0 Å². The van der Waals surface area contributed by atoms with E-state index in [-0.39, 0.29) is 34.8 Å². The molecule has 164 valence electrons. The van der Waals surface area contributed by atoms with Gasteiger partial charge < -0.3 is 19.7 Å². The summed E-state index contributed by atoms with van der Waals surface area (Å²) in [7, 11) is 0. The molecule has 1 aromatic rings. The van der Waals surface area contributed by atoms with Crippen molar-refractivity contribution in [2.45, 2.75) is 44.5 Å². The van der Waals surface area contributed by atoms with Crippen LogP contribution in [0.3, 0.4) is 0 Å². The summed E-state index contributed by atoms with van der Waals surface area (Å²) in [5.74, 6) is 2.14. The van der Waals surface area contributed by atoms with Crippen molar-refractivity contribution in [2.24, 2.45) is 4.99 Å². The van der Waals surface area contributed by atoms with Crippen LogP contribution in [-0.2, 0) is 9.47 Å². The summed E-state index contributed by atoms with van der Waals surface area (Å²) in [5.41, 5.74) is 2.57. The quantitative estimate of drug-likeness (QED) is 0.337. The van der Waals surface area contributed by atoms with Crippen LogP contribution < -0.4 is 5.32 Å². The molecule has 5 nitrogen and oxygen atoms in total. The Hall–Kier alpha value is -0.510. The minimum absolute atomic E-state index is 0. The standard InChI is InChI=1S/C22H35N3O2S.HI/c1-4-23-21(24-17-22(28-5-2)10-13-26-14-11-22)25-12-15-27-20(16-25)19-9-7-6-8-18(19)3;/h6-9,20H,4-5,10-17H2,1-3H3,(H,23,24);1H. The van der Waals surface area contributed by atoms with Gasteiger partial charge in [-0.1, -0.05) is 31.2 Å². The molecule has 0 aromatic heterocycles. The van der Waals surface area contributed by atoms with Crippen molar-refractivity contribution in [3.8, 4) is 0 Å². The molecule has 0 aliphatic carbocycles. The largest absolute Gasteiger partial charge is 0.381 e. The fourth-order valence-electron chi connectivity index (χ4n) is 4.02. The second-order valence-corrected chi connectivity index (χ2v) is 9.29. The third kappa shape index (κ3) is 6.74. The van der Waals surface area contributed by atoms with Crippen LogP contribution >= 0.6 is 35.7 Å². The Labute approximate surface area is 197 Å². The first-order chi connectivity index (χ1) is 13.7. The summed E-state index contributed by atoms with van der Waals surface area (Å²) in [5, 5.41) is 3.52. The number of hydrogen-bond donors (Lipinski definition) is 1. The van der Waals surface area contributed by atoms with Gasteiger partial charge in [-0.25, -0.2) is 0 Å². The first kappa shape index (κ1) is 24.8. The lowest BCUT2D eigenvalue weighted by atomic mass is 9.99. The number of thioether (sulfide) groups is 1. The zero-order chi connectivity index (χ0) is 19.8. The van der Waals surface area contributed by atoms with Crippen LogP contribution in [-0.4, -0.2) is 67.4 Å². The number of hydrogen-bond acceptors (Lipinski definition) is 4. The summed E-state index contributed by atoms with van der Waals surface area (Å²) in [6, 6.07) is 8.53. The Morgan fingerprint density at radius 2 is 2.00 bits per heavy atom. The van der Waals surface area contributed by atoms with Crippen molar-refractivity contribution in [3.05, 3.63) is 35.4 Å². The van der Waals surface area contributed by atoms with Gasteiger partial charge in [-0.3, -0.25) is 4.99 Å². The molecule has 1 atom stereocenters. The topological polar surface area (TPSA) is 46.1 Å². The highest BCUT2D eigenvalue weighted by Crippen LogP contribution is 2.36. The Kier molecular flexibility index (Phi) is 10.6. The van der Waals surface area contributed by atoms with Crippen LogP contribution in [0, 0.1) is 6.92 Å². The molecule has 0 saturated carbocycles. The van der Waals surface area contributed by atoms with Gasteiger partial charge in [0.1, 0.15) is 6.10 Å². The number of nitrogens with one attached hydrogen (secondary N) is 1. The zero-order valence-corrected chi connectivity index (χ0v) is 21.1. The number of guanidine groups is 1. The SMILES string of the molecule is CCNC(=NCC1(SCC)CCOCC1)N1CCOC(c2ccccc2C)C1.I. The third-order valence-electron chi connectivity index (χ3n) is 5.61. The molecule has 2 aliphatic heterocycles. The summed E-state index contributed by atoms with van der Waals surface area (Å²) in [4.78, 5) is 7.47. The van der Waals surface area contributed by atoms with Crippen LogP contribution in [0.4, 0.5) is 0 Å². The van der Waals surface area contributed by atoms with Gasteiger partial charge in [0, 0.05) is 31.1 Å². The van der Waals surface area contributed by atoms with Gasteiger partial charge in [-0.2, -0.15) is 11.8 Å². The summed E-state index contributed by atoms with van der Waals surface area (Å²) in [6.07, 6.45) is 2.27. The van der Waals surface area contributed by atoms with Gasteiger partial charge >= 0.3 is 0 Å². The highest BCUT2D eigenvalue weighted by molar-refractivity contribution is 14.0. The smallest absolute Gasteiger partial charge is 0.194 e. The lowest BCUT2D eigenvalue weighted by Crippen LogP contribution is -2.49. The van der Waals surface area contributed by atoms with Gasteiger partial charge in [-0.05, 0) is 43.6 Å². The molecule has 0 spiro atoms. The normalized spacial score (nSPS) is 22.1. The highest BCUT2D eigenvalue weighted by Gasteiger charge is 2.33. The number of aryl methyl sites for hydroxylation is 1. The Bertz CT molecular complexity index is 647. The number of morpholine rings is 1. The minimum atomic E-state index is 0. The third-order valence-corrected chi connectivity index (χ3v) is 7.05. The number of halogens is 1. The molecule has 3 rings (SSSR count). The second-order valence-electron chi connectivity index (χ2n) is 7.56. The number of benzene rings is 1. The van der Waals surface area contributed by atoms with E-state index in [0.29, 0.717) is 0 Å². The van der Waals surface area contributed by atoms with Crippen molar-refractivity contribution >= 4 is 41.7 Å². The van der Waals surface area contributed by atoms with E-state index in [2.05, 4.69) is 55.3 Å². The Balaban J connectivity index is 0.00000300. The van der Waals surface area contributed by atoms with Gasteiger partial charge in [0.25, 0.3) is 0 Å². The minimum Gasteiger partial charge on any atom is -0.381 e. The molecule has 0 radical (unpaired) electrons. The molecule has 0 bridgehead atoms. The van der Waals surface area contributed by atoms with Crippen molar-refractivity contribution in [1.82, 2.24) is 10.2 Å². The second kappa shape index (κ2) is 12.4. The van der Waals surface area contributed by atoms with Crippen molar-refractivity contribution in [2.75, 3.05) is 51.8 Å². The van der Waals surface area contributed by atoms with E-state index in [0.717, 1.165) is 70.6 Å². The molecule has 2 fully saturated rings. The average molecular weight is 534 g/mol. The molecule has 29 heavy (non-hydrogen) atoms. The van der Waals surface area contributed by atoms with E-state index in [9.17, 15) is 0 Å². The van der Waals surface area contributed by atoms with Gasteiger partial charge in [0.15, 0.2) is 5.96 Å². The summed E-state index contributed by atoms with van der Waals surface area (Å²) >= 11 is 2.05. The highest BCUT2D eigenvalue weighted by atomic mass is 127. The molecule has 2 heterocycles. The fraction of sp³-hybridized carbons (Fsp3) is 0.682. The van der Waals surface area contributed by atoms with E-state index in [4.69, 9.17) is 14.5 Å². The lowest BCUT2D eigenvalue weighted by molar-refractivity contribution is -0.00837. The molecule has 1 aromatic carbocycles. The average Bonchev–Trinajstić information content (AvgIpc) is 2.72. The van der Waals surface area contributed by atoms with Crippen LogP contribution in [0.2, 0.25) is 0 Å². The fourth-order valence-corrected chi connectivity index (χ4v) is 5.24. The van der Waals surface area contributed by atoms with Crippen LogP contribution in [0.15, 0.2) is 29.3 Å². The van der Waals surface area contributed by atoms with Crippen molar-refractivity contribution < 1.29 is 9.47 Å². The van der Waals surface area contributed by atoms with Crippen LogP contribution in [0.1, 0.15) is 43.9 Å². The predicted octanol–water partition coefficient (Wildman–Crippen LogP) is 4.25. The molecule has 2 saturated heterocycles. The van der Waals surface area contributed by atoms with E-state index in [1.807, 2.05) is 11.8 Å². The zero-order valence-electron chi connectivity index (χ0n) is 18.0.